The highest BCUT2D eigenvalue weighted by Crippen LogP contribution is 2.28. The van der Waals surface area contributed by atoms with Crippen molar-refractivity contribution in [3.63, 3.8) is 0 Å². The Morgan fingerprint density at radius 1 is 1.24 bits per heavy atom. The van der Waals surface area contributed by atoms with Gasteiger partial charge in [-0.3, -0.25) is 14.6 Å². The highest BCUT2D eigenvalue weighted by Gasteiger charge is 2.38. The van der Waals surface area contributed by atoms with Gasteiger partial charge in [0.05, 0.1) is 0 Å². The summed E-state index contributed by atoms with van der Waals surface area (Å²) in [6.45, 7) is 4.99. The molecule has 5 heteroatoms. The first-order chi connectivity index (χ1) is 12.1. The summed E-state index contributed by atoms with van der Waals surface area (Å²) in [4.78, 5) is 31.3. The lowest BCUT2D eigenvalue weighted by Gasteiger charge is -2.31. The molecule has 5 nitrogen and oxygen atoms in total. The van der Waals surface area contributed by atoms with Gasteiger partial charge in [0.25, 0.3) is 5.91 Å². The van der Waals surface area contributed by atoms with Crippen LogP contribution in [0, 0.1) is 5.92 Å². The molecule has 0 unspecified atom stereocenters. The number of nitrogens with zero attached hydrogens (tertiary/aromatic N) is 2. The molecule has 1 N–H and O–H groups in total. The van der Waals surface area contributed by atoms with E-state index in [-0.39, 0.29) is 17.7 Å². The minimum absolute atomic E-state index is 0.0556. The van der Waals surface area contributed by atoms with E-state index in [0.717, 1.165) is 17.5 Å². The third-order valence-electron chi connectivity index (χ3n) is 4.85. The molecule has 0 saturated carbocycles. The van der Waals surface area contributed by atoms with Crippen LogP contribution in [0.1, 0.15) is 41.8 Å². The second-order valence-corrected chi connectivity index (χ2v) is 6.49. The number of benzene rings is 1. The minimum Gasteiger partial charge on any atom is -0.350 e. The Balaban J connectivity index is 1.76. The maximum Gasteiger partial charge on any atom is 0.255 e. The van der Waals surface area contributed by atoms with Crippen LogP contribution in [0.25, 0.3) is 0 Å². The molecule has 2 aromatic rings. The van der Waals surface area contributed by atoms with Crippen molar-refractivity contribution in [1.29, 1.82) is 0 Å². The Hall–Kier alpha value is -2.69. The van der Waals surface area contributed by atoms with Crippen LogP contribution in [0.5, 0.6) is 0 Å². The fourth-order valence-electron chi connectivity index (χ4n) is 3.23. The van der Waals surface area contributed by atoms with Crippen LogP contribution >= 0.6 is 0 Å². The summed E-state index contributed by atoms with van der Waals surface area (Å²) in [5, 5.41) is 2.98. The van der Waals surface area contributed by atoms with E-state index >= 15 is 0 Å². The number of pyridine rings is 1. The lowest BCUT2D eigenvalue weighted by molar-refractivity contribution is -0.127. The van der Waals surface area contributed by atoms with Crippen LogP contribution < -0.4 is 5.32 Å². The zero-order valence-electron chi connectivity index (χ0n) is 14.6. The highest BCUT2D eigenvalue weighted by molar-refractivity contribution is 6.01. The molecule has 1 aromatic heterocycles. The smallest absolute Gasteiger partial charge is 0.255 e. The first-order valence-corrected chi connectivity index (χ1v) is 8.67. The van der Waals surface area contributed by atoms with Gasteiger partial charge < -0.3 is 10.2 Å². The van der Waals surface area contributed by atoms with Crippen LogP contribution in [0.4, 0.5) is 0 Å². The molecule has 2 heterocycles. The van der Waals surface area contributed by atoms with E-state index in [1.165, 1.54) is 0 Å². The van der Waals surface area contributed by atoms with Crippen LogP contribution in [-0.2, 0) is 17.9 Å². The van der Waals surface area contributed by atoms with Gasteiger partial charge in [0.15, 0.2) is 0 Å². The molecule has 2 atom stereocenters. The van der Waals surface area contributed by atoms with Gasteiger partial charge in [-0.2, -0.15) is 0 Å². The monoisotopic (exact) mass is 337 g/mol. The van der Waals surface area contributed by atoms with Crippen molar-refractivity contribution in [3.8, 4) is 0 Å². The predicted molar refractivity (Wildman–Crippen MR) is 95.6 cm³/mol. The number of fused-ring (bicyclic) bond motifs is 1. The zero-order valence-corrected chi connectivity index (χ0v) is 14.6. The van der Waals surface area contributed by atoms with E-state index in [2.05, 4.69) is 10.3 Å². The molecular weight excluding hydrogens is 314 g/mol. The third-order valence-corrected chi connectivity index (χ3v) is 4.85. The van der Waals surface area contributed by atoms with Gasteiger partial charge in [-0.25, -0.2) is 0 Å². The molecule has 1 aliphatic rings. The zero-order chi connectivity index (χ0) is 17.8. The molecule has 0 aliphatic carbocycles. The van der Waals surface area contributed by atoms with Crippen molar-refractivity contribution in [1.82, 2.24) is 15.2 Å². The maximum atomic E-state index is 12.9. The topological polar surface area (TPSA) is 62.3 Å². The normalized spacial score (nSPS) is 15.6. The quantitative estimate of drug-likeness (QED) is 0.882. The fraction of sp³-hybridized carbons (Fsp3) is 0.350. The first kappa shape index (κ1) is 17.1. The van der Waals surface area contributed by atoms with Gasteiger partial charge in [0.2, 0.25) is 5.91 Å². The average molecular weight is 337 g/mol. The van der Waals surface area contributed by atoms with Crippen LogP contribution in [0.2, 0.25) is 0 Å². The van der Waals surface area contributed by atoms with Crippen LogP contribution in [-0.4, -0.2) is 27.7 Å². The second kappa shape index (κ2) is 7.47. The van der Waals surface area contributed by atoms with Crippen molar-refractivity contribution in [3.05, 3.63) is 65.5 Å². The Bertz CT molecular complexity index is 761. The van der Waals surface area contributed by atoms with E-state index in [4.69, 9.17) is 0 Å². The summed E-state index contributed by atoms with van der Waals surface area (Å²) in [7, 11) is 0. The molecule has 0 saturated heterocycles. The number of carbonyl (C=O) groups is 2. The Morgan fingerprint density at radius 3 is 2.64 bits per heavy atom. The molecule has 1 aliphatic heterocycles. The SMILES string of the molecule is CC[C@@H](C)[C@@H](C(=O)NCc1ccncc1)N1Cc2ccccc2C1=O. The van der Waals surface area contributed by atoms with Crippen molar-refractivity contribution >= 4 is 11.8 Å². The molecule has 0 bridgehead atoms. The molecule has 0 fully saturated rings. The number of aromatic nitrogens is 1. The summed E-state index contributed by atoms with van der Waals surface area (Å²) in [6, 6.07) is 10.9. The van der Waals surface area contributed by atoms with E-state index in [1.807, 2.05) is 50.2 Å². The molecule has 130 valence electrons. The van der Waals surface area contributed by atoms with Gasteiger partial charge in [0, 0.05) is 31.0 Å². The number of rotatable bonds is 6. The van der Waals surface area contributed by atoms with Gasteiger partial charge >= 0.3 is 0 Å². The third kappa shape index (κ3) is 3.55. The molecule has 0 spiro atoms. The van der Waals surface area contributed by atoms with Crippen molar-refractivity contribution in [2.75, 3.05) is 0 Å². The summed E-state index contributed by atoms with van der Waals surface area (Å²) in [5.74, 6) is -0.0806. The molecule has 1 aromatic carbocycles. The second-order valence-electron chi connectivity index (χ2n) is 6.49. The lowest BCUT2D eigenvalue weighted by atomic mass is 9.96. The number of nitrogens with one attached hydrogen (secondary N) is 1. The summed E-state index contributed by atoms with van der Waals surface area (Å²) in [5.41, 5.74) is 2.68. The maximum absolute atomic E-state index is 12.9. The summed E-state index contributed by atoms with van der Waals surface area (Å²) < 4.78 is 0. The van der Waals surface area contributed by atoms with Crippen molar-refractivity contribution in [2.24, 2.45) is 5.92 Å². The van der Waals surface area contributed by atoms with E-state index in [9.17, 15) is 9.59 Å². The number of hydrogen-bond donors (Lipinski definition) is 1. The minimum atomic E-state index is -0.466. The Morgan fingerprint density at radius 2 is 1.96 bits per heavy atom. The standard InChI is InChI=1S/C20H23N3O2/c1-3-14(2)18(19(24)22-12-15-8-10-21-11-9-15)23-13-16-6-4-5-7-17(16)20(23)25/h4-11,14,18H,3,12-13H2,1-2H3,(H,22,24)/t14-,18+/m1/s1. The van der Waals surface area contributed by atoms with Crippen molar-refractivity contribution in [2.45, 2.75) is 39.4 Å². The summed E-state index contributed by atoms with van der Waals surface area (Å²) >= 11 is 0. The highest BCUT2D eigenvalue weighted by atomic mass is 16.2. The van der Waals surface area contributed by atoms with Gasteiger partial charge in [0.1, 0.15) is 6.04 Å². The van der Waals surface area contributed by atoms with E-state index in [1.54, 1.807) is 17.3 Å². The van der Waals surface area contributed by atoms with E-state index < -0.39 is 6.04 Å². The number of carbonyl (C=O) groups excluding carboxylic acids is 2. The first-order valence-electron chi connectivity index (χ1n) is 8.67. The Labute approximate surface area is 148 Å². The Kier molecular flexibility index (Phi) is 5.12. The fourth-order valence-corrected chi connectivity index (χ4v) is 3.23. The van der Waals surface area contributed by atoms with Gasteiger partial charge in [-0.1, -0.05) is 38.5 Å². The molecule has 2 amide bonds. The van der Waals surface area contributed by atoms with E-state index in [0.29, 0.717) is 18.7 Å². The lowest BCUT2D eigenvalue weighted by Crippen LogP contribution is -2.50. The predicted octanol–water partition coefficient (Wildman–Crippen LogP) is 2.77. The van der Waals surface area contributed by atoms with Crippen LogP contribution in [0.3, 0.4) is 0 Å². The van der Waals surface area contributed by atoms with Gasteiger partial charge in [-0.05, 0) is 35.2 Å². The molecule has 0 radical (unpaired) electrons. The van der Waals surface area contributed by atoms with Gasteiger partial charge in [-0.15, -0.1) is 0 Å². The molecule has 3 rings (SSSR count). The van der Waals surface area contributed by atoms with Crippen molar-refractivity contribution < 1.29 is 9.59 Å². The molecular formula is C20H23N3O2. The number of hydrogen-bond acceptors (Lipinski definition) is 3. The summed E-state index contributed by atoms with van der Waals surface area (Å²) in [6.07, 6.45) is 4.23. The average Bonchev–Trinajstić information content (AvgIpc) is 2.97. The molecule has 25 heavy (non-hydrogen) atoms. The number of amides is 2. The largest absolute Gasteiger partial charge is 0.350 e. The van der Waals surface area contributed by atoms with Crippen LogP contribution in [0.15, 0.2) is 48.8 Å².